The van der Waals surface area contributed by atoms with Gasteiger partial charge in [0.2, 0.25) is 0 Å². The van der Waals surface area contributed by atoms with E-state index in [0.29, 0.717) is 13.2 Å². The maximum absolute atomic E-state index is 10.3. The molecule has 0 fully saturated rings. The highest BCUT2D eigenvalue weighted by Crippen LogP contribution is 2.15. The smallest absolute Gasteiger partial charge is 0.0766 e. The second-order valence-electron chi connectivity index (χ2n) is 5.73. The Morgan fingerprint density at radius 3 is 2.42 bits per heavy atom. The highest BCUT2D eigenvalue weighted by molar-refractivity contribution is 5.15. The predicted octanol–water partition coefficient (Wildman–Crippen LogP) is 2.24. The average Bonchev–Trinajstić information content (AvgIpc) is 2.37. The lowest BCUT2D eigenvalue weighted by Crippen LogP contribution is -2.47. The molecule has 0 heterocycles. The van der Waals surface area contributed by atoms with Gasteiger partial charge in [-0.1, -0.05) is 44.2 Å². The normalized spacial score (nSPS) is 16.3. The predicted molar refractivity (Wildman–Crippen MR) is 79.3 cm³/mol. The van der Waals surface area contributed by atoms with Crippen LogP contribution in [-0.2, 0) is 11.2 Å². The van der Waals surface area contributed by atoms with Crippen LogP contribution < -0.4 is 5.32 Å². The number of rotatable bonds is 8. The van der Waals surface area contributed by atoms with Gasteiger partial charge in [0.25, 0.3) is 0 Å². The van der Waals surface area contributed by atoms with Crippen LogP contribution in [0.1, 0.15) is 26.3 Å². The first-order chi connectivity index (χ1) is 8.95. The van der Waals surface area contributed by atoms with Gasteiger partial charge >= 0.3 is 0 Å². The van der Waals surface area contributed by atoms with Crippen LogP contribution >= 0.6 is 0 Å². The third-order valence-electron chi connectivity index (χ3n) is 3.69. The van der Waals surface area contributed by atoms with Gasteiger partial charge in [-0.15, -0.1) is 0 Å². The number of benzene rings is 1. The zero-order chi connectivity index (χ0) is 14.3. The summed E-state index contributed by atoms with van der Waals surface area (Å²) in [4.78, 5) is 0. The van der Waals surface area contributed by atoms with Crippen molar-refractivity contribution in [3.63, 3.8) is 0 Å². The monoisotopic (exact) mass is 265 g/mol. The van der Waals surface area contributed by atoms with Crippen molar-refractivity contribution in [2.75, 3.05) is 20.3 Å². The van der Waals surface area contributed by atoms with Crippen LogP contribution in [0, 0.1) is 5.92 Å². The summed E-state index contributed by atoms with van der Waals surface area (Å²) in [5, 5.41) is 13.7. The molecule has 0 radical (unpaired) electrons. The molecule has 2 atom stereocenters. The number of aliphatic hydroxyl groups is 1. The molecule has 3 nitrogen and oxygen atoms in total. The van der Waals surface area contributed by atoms with Crippen molar-refractivity contribution in [3.8, 4) is 0 Å². The summed E-state index contributed by atoms with van der Waals surface area (Å²) in [5.41, 5.74) is 0.587. The summed E-state index contributed by atoms with van der Waals surface area (Å²) in [6.45, 7) is 7.15. The Kier molecular flexibility index (Phi) is 6.49. The first kappa shape index (κ1) is 16.2. The molecule has 1 rings (SSSR count). The molecule has 0 aliphatic heterocycles. The van der Waals surface area contributed by atoms with Crippen molar-refractivity contribution in [1.29, 1.82) is 0 Å². The molecule has 1 aromatic carbocycles. The molecule has 0 aliphatic carbocycles. The maximum Gasteiger partial charge on any atom is 0.0766 e. The molecule has 19 heavy (non-hydrogen) atoms. The summed E-state index contributed by atoms with van der Waals surface area (Å²) in [5.74, 6) is 0.222. The lowest BCUT2D eigenvalue weighted by molar-refractivity contribution is 0.00906. The molecular formula is C16H27NO2. The second-order valence-corrected chi connectivity index (χ2v) is 5.73. The van der Waals surface area contributed by atoms with Gasteiger partial charge in [-0.05, 0) is 24.8 Å². The topological polar surface area (TPSA) is 41.5 Å². The number of methoxy groups -OCH3 is 1. The van der Waals surface area contributed by atoms with E-state index in [2.05, 4.69) is 17.4 Å². The van der Waals surface area contributed by atoms with Gasteiger partial charge in [0.05, 0.1) is 12.2 Å². The van der Waals surface area contributed by atoms with Crippen LogP contribution in [0.4, 0.5) is 0 Å². The number of ether oxygens (including phenoxy) is 1. The van der Waals surface area contributed by atoms with Crippen LogP contribution in [-0.4, -0.2) is 37.0 Å². The minimum atomic E-state index is -0.692. The van der Waals surface area contributed by atoms with Crippen molar-refractivity contribution in [1.82, 2.24) is 5.32 Å². The van der Waals surface area contributed by atoms with Crippen molar-refractivity contribution in [2.24, 2.45) is 5.92 Å². The van der Waals surface area contributed by atoms with Gasteiger partial charge in [-0.25, -0.2) is 0 Å². The number of hydrogen-bond donors (Lipinski definition) is 2. The molecule has 0 aromatic heterocycles. The third-order valence-corrected chi connectivity index (χ3v) is 3.69. The summed E-state index contributed by atoms with van der Waals surface area (Å²) in [7, 11) is 1.71. The van der Waals surface area contributed by atoms with E-state index in [1.54, 1.807) is 7.11 Å². The van der Waals surface area contributed by atoms with Crippen molar-refractivity contribution >= 4 is 0 Å². The fourth-order valence-electron chi connectivity index (χ4n) is 1.84. The third kappa shape index (κ3) is 5.72. The van der Waals surface area contributed by atoms with Crippen LogP contribution in [0.2, 0.25) is 0 Å². The Hall–Kier alpha value is -0.900. The van der Waals surface area contributed by atoms with E-state index in [0.717, 1.165) is 6.42 Å². The van der Waals surface area contributed by atoms with Crippen LogP contribution in [0.15, 0.2) is 30.3 Å². The maximum atomic E-state index is 10.3. The largest absolute Gasteiger partial charge is 0.389 e. The van der Waals surface area contributed by atoms with Gasteiger partial charge < -0.3 is 15.2 Å². The molecule has 0 saturated carbocycles. The van der Waals surface area contributed by atoms with E-state index < -0.39 is 5.60 Å². The quantitative estimate of drug-likeness (QED) is 0.757. The summed E-state index contributed by atoms with van der Waals surface area (Å²) in [6, 6.07) is 10.6. The SMILES string of the molecule is COCC(Cc1ccccc1)NCC(C)(O)C(C)C. The van der Waals surface area contributed by atoms with Crippen LogP contribution in [0.25, 0.3) is 0 Å². The molecule has 0 amide bonds. The first-order valence-corrected chi connectivity index (χ1v) is 6.94. The van der Waals surface area contributed by atoms with E-state index in [1.807, 2.05) is 39.0 Å². The van der Waals surface area contributed by atoms with E-state index in [1.165, 1.54) is 5.56 Å². The Morgan fingerprint density at radius 2 is 1.89 bits per heavy atom. The highest BCUT2D eigenvalue weighted by atomic mass is 16.5. The average molecular weight is 265 g/mol. The lowest BCUT2D eigenvalue weighted by atomic mass is 9.92. The molecule has 0 bridgehead atoms. The van der Waals surface area contributed by atoms with Gasteiger partial charge in [0.15, 0.2) is 0 Å². The Labute approximate surface area is 117 Å². The highest BCUT2D eigenvalue weighted by Gasteiger charge is 2.25. The van der Waals surface area contributed by atoms with E-state index in [-0.39, 0.29) is 12.0 Å². The van der Waals surface area contributed by atoms with E-state index in [9.17, 15) is 5.11 Å². The van der Waals surface area contributed by atoms with Gasteiger partial charge in [0, 0.05) is 19.7 Å². The fourth-order valence-corrected chi connectivity index (χ4v) is 1.84. The summed E-state index contributed by atoms with van der Waals surface area (Å²) in [6.07, 6.45) is 0.906. The van der Waals surface area contributed by atoms with Crippen molar-refractivity contribution in [2.45, 2.75) is 38.8 Å². The van der Waals surface area contributed by atoms with Gasteiger partial charge in [-0.2, -0.15) is 0 Å². The van der Waals surface area contributed by atoms with Crippen LogP contribution in [0.3, 0.4) is 0 Å². The fraction of sp³-hybridized carbons (Fsp3) is 0.625. The minimum Gasteiger partial charge on any atom is -0.389 e. The Balaban J connectivity index is 2.54. The van der Waals surface area contributed by atoms with Gasteiger partial charge in [0.1, 0.15) is 0 Å². The Bertz CT molecular complexity index is 349. The lowest BCUT2D eigenvalue weighted by Gasteiger charge is -2.30. The van der Waals surface area contributed by atoms with Crippen LogP contribution in [0.5, 0.6) is 0 Å². The zero-order valence-corrected chi connectivity index (χ0v) is 12.5. The molecule has 2 N–H and O–H groups in total. The first-order valence-electron chi connectivity index (χ1n) is 6.94. The minimum absolute atomic E-state index is 0.220. The molecule has 3 heteroatoms. The molecule has 0 aliphatic rings. The zero-order valence-electron chi connectivity index (χ0n) is 12.5. The van der Waals surface area contributed by atoms with Gasteiger partial charge in [-0.3, -0.25) is 0 Å². The molecule has 0 spiro atoms. The summed E-state index contributed by atoms with van der Waals surface area (Å²) < 4.78 is 5.26. The number of hydrogen-bond acceptors (Lipinski definition) is 3. The molecule has 2 unspecified atom stereocenters. The standard InChI is InChI=1S/C16H27NO2/c1-13(2)16(3,18)12-17-15(11-19-4)10-14-8-6-5-7-9-14/h5-9,13,15,17-18H,10-12H2,1-4H3. The van der Waals surface area contributed by atoms with E-state index >= 15 is 0 Å². The molecule has 1 aromatic rings. The second kappa shape index (κ2) is 7.63. The molecule has 0 saturated heterocycles. The van der Waals surface area contributed by atoms with E-state index in [4.69, 9.17) is 4.74 Å². The van der Waals surface area contributed by atoms with Crippen molar-refractivity contribution < 1.29 is 9.84 Å². The summed E-state index contributed by atoms with van der Waals surface area (Å²) >= 11 is 0. The van der Waals surface area contributed by atoms with Crippen molar-refractivity contribution in [3.05, 3.63) is 35.9 Å². The number of nitrogens with one attached hydrogen (secondary N) is 1. The molecular weight excluding hydrogens is 238 g/mol. The molecule has 108 valence electrons. The Morgan fingerprint density at radius 1 is 1.26 bits per heavy atom.